The molecule has 0 bridgehead atoms. The van der Waals surface area contributed by atoms with Crippen LogP contribution in [-0.2, 0) is 6.54 Å². The summed E-state index contributed by atoms with van der Waals surface area (Å²) in [6.07, 6.45) is 4.12. The Morgan fingerprint density at radius 3 is 2.72 bits per heavy atom. The van der Waals surface area contributed by atoms with E-state index in [9.17, 15) is 4.39 Å². The van der Waals surface area contributed by atoms with Crippen molar-refractivity contribution >= 4 is 17.0 Å². The highest BCUT2D eigenvalue weighted by Crippen LogP contribution is 2.26. The van der Waals surface area contributed by atoms with Gasteiger partial charge in [-0.15, -0.1) is 11.3 Å². The van der Waals surface area contributed by atoms with Crippen molar-refractivity contribution in [2.24, 2.45) is 0 Å². The summed E-state index contributed by atoms with van der Waals surface area (Å²) >= 11 is 1.69. The van der Waals surface area contributed by atoms with Gasteiger partial charge in [-0.25, -0.2) is 9.37 Å². The number of fused-ring (bicyclic) bond motifs is 1. The third-order valence-corrected chi connectivity index (χ3v) is 5.10. The van der Waals surface area contributed by atoms with Gasteiger partial charge in [0, 0.05) is 23.8 Å². The average molecular weight is 351 g/mol. The third kappa shape index (κ3) is 3.48. The molecule has 3 nitrogen and oxygen atoms in total. The fourth-order valence-electron chi connectivity index (χ4n) is 2.94. The number of imidazole rings is 1. The zero-order valence-electron chi connectivity index (χ0n) is 13.8. The van der Waals surface area contributed by atoms with E-state index in [-0.39, 0.29) is 11.9 Å². The fourth-order valence-corrected chi connectivity index (χ4v) is 3.77. The van der Waals surface area contributed by atoms with E-state index in [2.05, 4.69) is 40.9 Å². The molecule has 0 spiro atoms. The lowest BCUT2D eigenvalue weighted by Gasteiger charge is -2.17. The van der Waals surface area contributed by atoms with Gasteiger partial charge in [0.1, 0.15) is 11.5 Å². The monoisotopic (exact) mass is 351 g/mol. The molecule has 126 valence electrons. The Kier molecular flexibility index (Phi) is 4.34. The van der Waals surface area contributed by atoms with E-state index < -0.39 is 0 Å². The maximum Gasteiger partial charge on any atom is 0.137 e. The molecule has 0 aliphatic carbocycles. The fraction of sp³-hybridized carbons (Fsp3) is 0.150. The molecular weight excluding hydrogens is 333 g/mol. The molecule has 0 amide bonds. The molecule has 4 rings (SSSR count). The van der Waals surface area contributed by atoms with Crippen LogP contribution in [-0.4, -0.2) is 9.38 Å². The van der Waals surface area contributed by atoms with Gasteiger partial charge in [-0.05, 0) is 47.7 Å². The van der Waals surface area contributed by atoms with Crippen LogP contribution in [0.5, 0.6) is 0 Å². The SMILES string of the molecule is Cc1ccc2nc(CN[C@@H](c3ccc(F)cc3)c3cccs3)cn2c1. The first-order chi connectivity index (χ1) is 12.2. The van der Waals surface area contributed by atoms with Gasteiger partial charge in [-0.3, -0.25) is 5.32 Å². The maximum absolute atomic E-state index is 13.3. The van der Waals surface area contributed by atoms with E-state index in [0.29, 0.717) is 6.54 Å². The minimum Gasteiger partial charge on any atom is -0.307 e. The Bertz CT molecular complexity index is 974. The van der Waals surface area contributed by atoms with Crippen LogP contribution >= 0.6 is 11.3 Å². The lowest BCUT2D eigenvalue weighted by Crippen LogP contribution is -2.21. The molecule has 1 N–H and O–H groups in total. The van der Waals surface area contributed by atoms with Crippen LogP contribution in [0.25, 0.3) is 5.65 Å². The van der Waals surface area contributed by atoms with E-state index in [1.54, 1.807) is 11.3 Å². The van der Waals surface area contributed by atoms with Crippen LogP contribution in [0, 0.1) is 12.7 Å². The second kappa shape index (κ2) is 6.78. The van der Waals surface area contributed by atoms with Crippen molar-refractivity contribution in [3.05, 3.63) is 93.8 Å². The highest BCUT2D eigenvalue weighted by Gasteiger charge is 2.15. The Morgan fingerprint density at radius 1 is 1.12 bits per heavy atom. The van der Waals surface area contributed by atoms with Crippen molar-refractivity contribution in [3.63, 3.8) is 0 Å². The number of hydrogen-bond donors (Lipinski definition) is 1. The number of aromatic nitrogens is 2. The minimum absolute atomic E-state index is 0.0205. The molecule has 0 aliphatic rings. The van der Waals surface area contributed by atoms with E-state index in [0.717, 1.165) is 16.9 Å². The summed E-state index contributed by atoms with van der Waals surface area (Å²) in [5.41, 5.74) is 4.17. The van der Waals surface area contributed by atoms with Gasteiger partial charge >= 0.3 is 0 Å². The highest BCUT2D eigenvalue weighted by molar-refractivity contribution is 7.10. The van der Waals surface area contributed by atoms with Crippen LogP contribution in [0.4, 0.5) is 4.39 Å². The van der Waals surface area contributed by atoms with Crippen LogP contribution in [0.1, 0.15) is 27.7 Å². The molecule has 0 unspecified atom stereocenters. The molecule has 3 heterocycles. The molecule has 1 atom stereocenters. The summed E-state index contributed by atoms with van der Waals surface area (Å²) in [4.78, 5) is 5.86. The molecule has 0 saturated carbocycles. The van der Waals surface area contributed by atoms with Crippen molar-refractivity contribution in [1.29, 1.82) is 0 Å². The Balaban J connectivity index is 1.58. The molecular formula is C20H18FN3S. The summed E-state index contributed by atoms with van der Waals surface area (Å²) in [5, 5.41) is 5.62. The number of nitrogens with one attached hydrogen (secondary N) is 1. The minimum atomic E-state index is -0.218. The van der Waals surface area contributed by atoms with E-state index in [1.165, 1.54) is 22.6 Å². The number of rotatable bonds is 5. The lowest BCUT2D eigenvalue weighted by atomic mass is 10.1. The first kappa shape index (κ1) is 16.0. The number of hydrogen-bond acceptors (Lipinski definition) is 3. The number of pyridine rings is 1. The standard InChI is InChI=1S/C20H18FN3S/c1-14-4-9-19-23-17(13-24(19)12-14)11-22-20(18-3-2-10-25-18)15-5-7-16(21)8-6-15/h2-10,12-13,20,22H,11H2,1H3/t20-/m0/s1. The van der Waals surface area contributed by atoms with Gasteiger partial charge < -0.3 is 4.40 Å². The van der Waals surface area contributed by atoms with Crippen molar-refractivity contribution in [1.82, 2.24) is 14.7 Å². The topological polar surface area (TPSA) is 29.3 Å². The highest BCUT2D eigenvalue weighted by atomic mass is 32.1. The van der Waals surface area contributed by atoms with Gasteiger partial charge in [-0.2, -0.15) is 0 Å². The van der Waals surface area contributed by atoms with E-state index >= 15 is 0 Å². The van der Waals surface area contributed by atoms with E-state index in [1.807, 2.05) is 34.9 Å². The molecule has 0 fully saturated rings. The largest absolute Gasteiger partial charge is 0.307 e. The second-order valence-corrected chi connectivity index (χ2v) is 7.06. The number of nitrogens with zero attached hydrogens (tertiary/aromatic N) is 2. The molecule has 0 saturated heterocycles. The van der Waals surface area contributed by atoms with Gasteiger partial charge in [0.2, 0.25) is 0 Å². The van der Waals surface area contributed by atoms with Gasteiger partial charge in [0.25, 0.3) is 0 Å². The Labute approximate surface area is 149 Å². The van der Waals surface area contributed by atoms with Gasteiger partial charge in [0.05, 0.1) is 11.7 Å². The van der Waals surface area contributed by atoms with Gasteiger partial charge in [-0.1, -0.05) is 24.3 Å². The van der Waals surface area contributed by atoms with Gasteiger partial charge in [0.15, 0.2) is 0 Å². The van der Waals surface area contributed by atoms with Crippen LogP contribution in [0.2, 0.25) is 0 Å². The van der Waals surface area contributed by atoms with Crippen LogP contribution in [0.15, 0.2) is 66.3 Å². The summed E-state index contributed by atoms with van der Waals surface area (Å²) < 4.78 is 15.3. The van der Waals surface area contributed by atoms with Crippen molar-refractivity contribution < 1.29 is 4.39 Å². The quantitative estimate of drug-likeness (QED) is 0.564. The van der Waals surface area contributed by atoms with Crippen LogP contribution in [0.3, 0.4) is 0 Å². The lowest BCUT2D eigenvalue weighted by molar-refractivity contribution is 0.599. The molecule has 5 heteroatoms. The number of aryl methyl sites for hydroxylation is 1. The summed E-state index contributed by atoms with van der Waals surface area (Å²) in [6, 6.07) is 14.9. The number of thiophene rings is 1. The number of benzene rings is 1. The molecule has 0 radical (unpaired) electrons. The summed E-state index contributed by atoms with van der Waals surface area (Å²) in [7, 11) is 0. The first-order valence-corrected chi connectivity index (χ1v) is 9.03. The van der Waals surface area contributed by atoms with Crippen molar-refractivity contribution in [3.8, 4) is 0 Å². The zero-order valence-corrected chi connectivity index (χ0v) is 14.6. The van der Waals surface area contributed by atoms with Crippen LogP contribution < -0.4 is 5.32 Å². The maximum atomic E-state index is 13.3. The zero-order chi connectivity index (χ0) is 17.2. The molecule has 4 aromatic rings. The van der Waals surface area contributed by atoms with E-state index in [4.69, 9.17) is 0 Å². The molecule has 1 aromatic carbocycles. The first-order valence-electron chi connectivity index (χ1n) is 8.15. The summed E-state index contributed by atoms with van der Waals surface area (Å²) in [5.74, 6) is -0.218. The molecule has 0 aliphatic heterocycles. The van der Waals surface area contributed by atoms with Crippen molar-refractivity contribution in [2.75, 3.05) is 0 Å². The Hall–Kier alpha value is -2.50. The number of halogens is 1. The van der Waals surface area contributed by atoms with Crippen molar-refractivity contribution in [2.45, 2.75) is 19.5 Å². The molecule has 3 aromatic heterocycles. The predicted molar refractivity (Wildman–Crippen MR) is 99.3 cm³/mol. The molecule has 25 heavy (non-hydrogen) atoms. The predicted octanol–water partition coefficient (Wildman–Crippen LogP) is 4.72. The smallest absolute Gasteiger partial charge is 0.137 e. The average Bonchev–Trinajstić information content (AvgIpc) is 3.26. The normalized spacial score (nSPS) is 12.6. The third-order valence-electron chi connectivity index (χ3n) is 4.17. The Morgan fingerprint density at radius 2 is 1.96 bits per heavy atom. The second-order valence-electron chi connectivity index (χ2n) is 6.09. The summed E-state index contributed by atoms with van der Waals surface area (Å²) in [6.45, 7) is 2.71.